The first-order valence-electron chi connectivity index (χ1n) is 6.26. The van der Waals surface area contributed by atoms with Crippen molar-refractivity contribution in [3.63, 3.8) is 0 Å². The van der Waals surface area contributed by atoms with Gasteiger partial charge < -0.3 is 14.7 Å². The maximum atomic E-state index is 12.0. The number of hydrogen-bond donors (Lipinski definition) is 1. The summed E-state index contributed by atoms with van der Waals surface area (Å²) in [6.45, 7) is 0.187. The van der Waals surface area contributed by atoms with Crippen LogP contribution in [0.3, 0.4) is 0 Å². The lowest BCUT2D eigenvalue weighted by Gasteiger charge is -2.15. The zero-order valence-corrected chi connectivity index (χ0v) is 11.2. The number of hydrogen-bond acceptors (Lipinski definition) is 4. The van der Waals surface area contributed by atoms with Crippen molar-refractivity contribution in [2.75, 3.05) is 20.2 Å². The third-order valence-electron chi connectivity index (χ3n) is 2.71. The Labute approximate surface area is 117 Å². The summed E-state index contributed by atoms with van der Waals surface area (Å²) in [5.74, 6) is 0.991. The second-order valence-electron chi connectivity index (χ2n) is 4.24. The summed E-state index contributed by atoms with van der Waals surface area (Å²) in [5.41, 5.74) is 0.286. The van der Waals surface area contributed by atoms with E-state index < -0.39 is 0 Å². The van der Waals surface area contributed by atoms with Crippen LogP contribution < -0.4 is 4.74 Å². The number of rotatable bonds is 5. The molecule has 0 aliphatic rings. The molecule has 0 fully saturated rings. The van der Waals surface area contributed by atoms with Crippen LogP contribution in [-0.2, 0) is 0 Å². The van der Waals surface area contributed by atoms with Gasteiger partial charge in [0.25, 0.3) is 5.91 Å². The molecular weight excluding hydrogens is 256 g/mol. The van der Waals surface area contributed by atoms with Gasteiger partial charge in [-0.3, -0.25) is 9.78 Å². The minimum Gasteiger partial charge on any atom is -0.457 e. The van der Waals surface area contributed by atoms with E-state index in [0.717, 1.165) is 0 Å². The molecule has 0 saturated carbocycles. The summed E-state index contributed by atoms with van der Waals surface area (Å²) < 4.78 is 5.65. The van der Waals surface area contributed by atoms with Crippen molar-refractivity contribution in [3.8, 4) is 11.5 Å². The van der Waals surface area contributed by atoms with Crippen molar-refractivity contribution >= 4 is 5.91 Å². The topological polar surface area (TPSA) is 62.7 Å². The van der Waals surface area contributed by atoms with Crippen molar-refractivity contribution < 1.29 is 14.6 Å². The SMILES string of the molecule is CN(CCO)C(=O)c1cc(Oc2ccccc2)ccn1. The molecule has 0 saturated heterocycles. The second kappa shape index (κ2) is 6.68. The van der Waals surface area contributed by atoms with E-state index in [0.29, 0.717) is 11.5 Å². The lowest BCUT2D eigenvalue weighted by Crippen LogP contribution is -2.30. The minimum atomic E-state index is -0.252. The number of aliphatic hydroxyl groups is 1. The quantitative estimate of drug-likeness (QED) is 0.903. The first-order chi connectivity index (χ1) is 9.70. The normalized spacial score (nSPS) is 10.1. The van der Waals surface area contributed by atoms with E-state index in [9.17, 15) is 4.79 Å². The molecule has 0 bridgehead atoms. The van der Waals surface area contributed by atoms with Gasteiger partial charge in [-0.15, -0.1) is 0 Å². The van der Waals surface area contributed by atoms with Crippen LogP contribution in [0.4, 0.5) is 0 Å². The monoisotopic (exact) mass is 272 g/mol. The van der Waals surface area contributed by atoms with Gasteiger partial charge in [0, 0.05) is 25.9 Å². The fourth-order valence-corrected chi connectivity index (χ4v) is 1.66. The van der Waals surface area contributed by atoms with Gasteiger partial charge in [-0.1, -0.05) is 18.2 Å². The third-order valence-corrected chi connectivity index (χ3v) is 2.71. The predicted octanol–water partition coefficient (Wildman–Crippen LogP) is 1.94. The van der Waals surface area contributed by atoms with Crippen molar-refractivity contribution in [3.05, 3.63) is 54.4 Å². The number of amides is 1. The molecule has 0 spiro atoms. The molecule has 1 aromatic heterocycles. The van der Waals surface area contributed by atoms with E-state index in [-0.39, 0.29) is 24.8 Å². The Morgan fingerprint density at radius 2 is 2.00 bits per heavy atom. The highest BCUT2D eigenvalue weighted by molar-refractivity contribution is 5.92. The number of ether oxygens (including phenoxy) is 1. The number of benzene rings is 1. The number of aromatic nitrogens is 1. The maximum absolute atomic E-state index is 12.0. The van der Waals surface area contributed by atoms with Gasteiger partial charge in [0.1, 0.15) is 17.2 Å². The van der Waals surface area contributed by atoms with Gasteiger partial charge in [-0.2, -0.15) is 0 Å². The Kier molecular flexibility index (Phi) is 4.68. The van der Waals surface area contributed by atoms with Gasteiger partial charge in [0.2, 0.25) is 0 Å². The molecule has 5 nitrogen and oxygen atoms in total. The number of pyridine rings is 1. The first-order valence-corrected chi connectivity index (χ1v) is 6.26. The predicted molar refractivity (Wildman–Crippen MR) is 74.8 cm³/mol. The van der Waals surface area contributed by atoms with E-state index in [2.05, 4.69) is 4.98 Å². The number of carbonyl (C=O) groups excluding carboxylic acids is 1. The van der Waals surface area contributed by atoms with Crippen molar-refractivity contribution in [1.82, 2.24) is 9.88 Å². The van der Waals surface area contributed by atoms with Crippen LogP contribution in [0, 0.1) is 0 Å². The average molecular weight is 272 g/mol. The summed E-state index contributed by atoms with van der Waals surface area (Å²) in [5, 5.41) is 8.84. The number of aliphatic hydroxyl groups excluding tert-OH is 1. The van der Waals surface area contributed by atoms with Crippen LogP contribution in [0.2, 0.25) is 0 Å². The molecular formula is C15H16N2O3. The standard InChI is InChI=1S/C15H16N2O3/c1-17(9-10-18)15(19)14-11-13(7-8-16-14)20-12-5-3-2-4-6-12/h2-8,11,18H,9-10H2,1H3. The molecule has 1 aromatic carbocycles. The van der Waals surface area contributed by atoms with E-state index in [4.69, 9.17) is 9.84 Å². The molecule has 1 N–H and O–H groups in total. The first kappa shape index (κ1) is 14.0. The van der Waals surface area contributed by atoms with Crippen molar-refractivity contribution in [2.45, 2.75) is 0 Å². The van der Waals surface area contributed by atoms with Crippen LogP contribution in [0.15, 0.2) is 48.7 Å². The molecule has 20 heavy (non-hydrogen) atoms. The number of carbonyl (C=O) groups is 1. The fraction of sp³-hybridized carbons (Fsp3) is 0.200. The molecule has 0 aliphatic carbocycles. The van der Waals surface area contributed by atoms with Crippen LogP contribution in [-0.4, -0.2) is 41.1 Å². The molecule has 0 aliphatic heterocycles. The molecule has 0 radical (unpaired) electrons. The van der Waals surface area contributed by atoms with Gasteiger partial charge >= 0.3 is 0 Å². The second-order valence-corrected chi connectivity index (χ2v) is 4.24. The highest BCUT2D eigenvalue weighted by Gasteiger charge is 2.13. The highest BCUT2D eigenvalue weighted by Crippen LogP contribution is 2.21. The molecule has 0 unspecified atom stereocenters. The molecule has 2 rings (SSSR count). The Morgan fingerprint density at radius 1 is 1.25 bits per heavy atom. The average Bonchev–Trinajstić information content (AvgIpc) is 2.48. The van der Waals surface area contributed by atoms with Crippen LogP contribution in [0.25, 0.3) is 0 Å². The summed E-state index contributed by atoms with van der Waals surface area (Å²) in [7, 11) is 1.62. The third kappa shape index (κ3) is 3.55. The van der Waals surface area contributed by atoms with Gasteiger partial charge in [0.05, 0.1) is 6.61 Å². The van der Waals surface area contributed by atoms with Crippen LogP contribution in [0.1, 0.15) is 10.5 Å². The van der Waals surface area contributed by atoms with E-state index in [1.165, 1.54) is 11.1 Å². The van der Waals surface area contributed by atoms with Crippen LogP contribution in [0.5, 0.6) is 11.5 Å². The van der Waals surface area contributed by atoms with Gasteiger partial charge in [0.15, 0.2) is 0 Å². The summed E-state index contributed by atoms with van der Waals surface area (Å²) in [6, 6.07) is 12.6. The molecule has 1 heterocycles. The zero-order valence-electron chi connectivity index (χ0n) is 11.2. The summed E-state index contributed by atoms with van der Waals surface area (Å²) >= 11 is 0. The Balaban J connectivity index is 2.14. The number of likely N-dealkylation sites (N-methyl/N-ethyl adjacent to an activating group) is 1. The summed E-state index contributed by atoms with van der Waals surface area (Å²) in [4.78, 5) is 17.5. The Morgan fingerprint density at radius 3 is 2.70 bits per heavy atom. The minimum absolute atomic E-state index is 0.0809. The number of nitrogens with zero attached hydrogens (tertiary/aromatic N) is 2. The van der Waals surface area contributed by atoms with Crippen molar-refractivity contribution in [1.29, 1.82) is 0 Å². The summed E-state index contributed by atoms with van der Waals surface area (Å²) in [6.07, 6.45) is 1.53. The number of para-hydroxylation sites is 1. The smallest absolute Gasteiger partial charge is 0.272 e. The maximum Gasteiger partial charge on any atom is 0.272 e. The van der Waals surface area contributed by atoms with Gasteiger partial charge in [-0.05, 0) is 18.2 Å². The van der Waals surface area contributed by atoms with Gasteiger partial charge in [-0.25, -0.2) is 0 Å². The molecule has 1 amide bonds. The van der Waals surface area contributed by atoms with Crippen LogP contribution >= 0.6 is 0 Å². The van der Waals surface area contributed by atoms with E-state index in [1.54, 1.807) is 19.2 Å². The Bertz CT molecular complexity index is 572. The highest BCUT2D eigenvalue weighted by atomic mass is 16.5. The fourth-order valence-electron chi connectivity index (χ4n) is 1.66. The van der Waals surface area contributed by atoms with E-state index in [1.807, 2.05) is 30.3 Å². The lowest BCUT2D eigenvalue weighted by molar-refractivity contribution is 0.0761. The lowest BCUT2D eigenvalue weighted by atomic mass is 10.3. The molecule has 104 valence electrons. The largest absolute Gasteiger partial charge is 0.457 e. The van der Waals surface area contributed by atoms with E-state index >= 15 is 0 Å². The zero-order chi connectivity index (χ0) is 14.4. The molecule has 0 atom stereocenters. The molecule has 2 aromatic rings. The molecule has 5 heteroatoms. The van der Waals surface area contributed by atoms with Crippen molar-refractivity contribution in [2.24, 2.45) is 0 Å². The Hall–Kier alpha value is -2.40.